The van der Waals surface area contributed by atoms with Crippen molar-refractivity contribution in [2.45, 2.75) is 12.5 Å². The highest BCUT2D eigenvalue weighted by atomic mass is 32.1. The number of halogens is 1. The molecule has 1 aliphatic heterocycles. The van der Waals surface area contributed by atoms with Gasteiger partial charge < -0.3 is 15.0 Å². The number of thiocarbonyl (C=S) groups is 1. The normalized spacial score (nSPS) is 17.2. The lowest BCUT2D eigenvalue weighted by atomic mass is 10.1. The second kappa shape index (κ2) is 7.35. The number of ether oxygens (including phenoxy) is 1. The quantitative estimate of drug-likeness (QED) is 0.622. The van der Waals surface area contributed by atoms with E-state index in [9.17, 15) is 18.8 Å². The molecule has 0 radical (unpaired) electrons. The lowest BCUT2D eigenvalue weighted by Gasteiger charge is -2.21. The fraction of sp³-hybridized carbons (Fsp3) is 0.333. The number of carbonyl (C=O) groups excluding carboxylic acids is 3. The molecule has 0 aliphatic carbocycles. The van der Waals surface area contributed by atoms with Gasteiger partial charge in [-0.05, 0) is 36.5 Å². The van der Waals surface area contributed by atoms with Crippen LogP contribution >= 0.6 is 12.2 Å². The van der Waals surface area contributed by atoms with Crippen molar-refractivity contribution in [2.75, 3.05) is 26.0 Å². The number of methoxy groups -OCH3 is 1. The molecule has 128 valence electrons. The number of esters is 1. The molecule has 1 aliphatic rings. The number of likely N-dealkylation sites (N-methyl/N-ethyl adjacent to an activating group) is 1. The maximum atomic E-state index is 12.9. The van der Waals surface area contributed by atoms with Crippen LogP contribution in [0.4, 0.5) is 10.1 Å². The molecule has 2 amide bonds. The first-order valence-corrected chi connectivity index (χ1v) is 7.44. The largest absolute Gasteiger partial charge is 0.468 e. The third-order valence-electron chi connectivity index (χ3n) is 3.56. The molecule has 1 unspecified atom stereocenters. The van der Waals surface area contributed by atoms with Crippen molar-refractivity contribution in [3.8, 4) is 0 Å². The summed E-state index contributed by atoms with van der Waals surface area (Å²) in [4.78, 5) is 38.5. The summed E-state index contributed by atoms with van der Waals surface area (Å²) in [6.45, 7) is -0.222. The number of nitrogens with zero attached hydrogens (tertiary/aromatic N) is 2. The number of anilines is 1. The minimum atomic E-state index is -0.887. The third-order valence-corrected chi connectivity index (χ3v) is 4.07. The smallest absolute Gasteiger partial charge is 0.325 e. The summed E-state index contributed by atoms with van der Waals surface area (Å²) in [5.41, 5.74) is 0.405. The first-order valence-electron chi connectivity index (χ1n) is 7.04. The Balaban J connectivity index is 2.08. The maximum absolute atomic E-state index is 12.9. The Morgan fingerprint density at radius 1 is 1.33 bits per heavy atom. The molecular formula is C15H16FN3O4S. The average molecular weight is 353 g/mol. The van der Waals surface area contributed by atoms with Crippen LogP contribution < -0.4 is 5.32 Å². The van der Waals surface area contributed by atoms with Gasteiger partial charge in [0.05, 0.1) is 13.5 Å². The molecule has 7 nitrogen and oxygen atoms in total. The van der Waals surface area contributed by atoms with Gasteiger partial charge in [0.1, 0.15) is 18.4 Å². The molecule has 1 aromatic carbocycles. The van der Waals surface area contributed by atoms with E-state index in [1.54, 1.807) is 0 Å². The number of nitrogens with one attached hydrogen (secondary N) is 1. The van der Waals surface area contributed by atoms with Crippen molar-refractivity contribution < 1.29 is 23.5 Å². The molecule has 9 heteroatoms. The zero-order valence-corrected chi connectivity index (χ0v) is 13.9. The van der Waals surface area contributed by atoms with Gasteiger partial charge in [0.15, 0.2) is 5.11 Å². The summed E-state index contributed by atoms with van der Waals surface area (Å²) in [5.74, 6) is -1.81. The summed E-state index contributed by atoms with van der Waals surface area (Å²) >= 11 is 5.13. The topological polar surface area (TPSA) is 79.0 Å². The van der Waals surface area contributed by atoms with Gasteiger partial charge in [0.25, 0.3) is 5.91 Å². The minimum Gasteiger partial charge on any atom is -0.468 e. The highest BCUT2D eigenvalue weighted by Crippen LogP contribution is 2.20. The zero-order chi connectivity index (χ0) is 17.9. The average Bonchev–Trinajstić information content (AvgIpc) is 2.75. The van der Waals surface area contributed by atoms with Gasteiger partial charge >= 0.3 is 5.97 Å². The molecule has 1 aromatic rings. The second-order valence-electron chi connectivity index (χ2n) is 5.16. The van der Waals surface area contributed by atoms with Crippen LogP contribution in [0.1, 0.15) is 6.42 Å². The third kappa shape index (κ3) is 3.85. The Bertz CT molecular complexity index is 680. The van der Waals surface area contributed by atoms with E-state index in [0.717, 1.165) is 0 Å². The summed E-state index contributed by atoms with van der Waals surface area (Å²) in [7, 11) is 2.70. The Hall–Kier alpha value is -2.55. The van der Waals surface area contributed by atoms with Gasteiger partial charge in [-0.2, -0.15) is 0 Å². The number of hydrogen-bond donors (Lipinski definition) is 1. The predicted octanol–water partition coefficient (Wildman–Crippen LogP) is 0.755. The number of amides is 2. The van der Waals surface area contributed by atoms with Crippen LogP contribution in [0.15, 0.2) is 24.3 Å². The van der Waals surface area contributed by atoms with Gasteiger partial charge in [-0.15, -0.1) is 0 Å². The Morgan fingerprint density at radius 2 is 1.96 bits per heavy atom. The number of carbonyl (C=O) groups is 3. The molecule has 1 heterocycles. The van der Waals surface area contributed by atoms with Crippen LogP contribution in [0.3, 0.4) is 0 Å². The summed E-state index contributed by atoms with van der Waals surface area (Å²) in [6.07, 6.45) is -0.197. The molecule has 24 heavy (non-hydrogen) atoms. The standard InChI is InChI=1S/C15H16FN3O4S/c1-18-14(22)11(19(15(18)24)8-13(21)23-2)7-12(20)17-10-5-3-9(16)4-6-10/h3-6,11H,7-8H2,1-2H3,(H,17,20). The van der Waals surface area contributed by atoms with Crippen LogP contribution in [0.25, 0.3) is 0 Å². The van der Waals surface area contributed by atoms with Crippen molar-refractivity contribution in [3.05, 3.63) is 30.1 Å². The van der Waals surface area contributed by atoms with Crippen LogP contribution in [0, 0.1) is 5.82 Å². The van der Waals surface area contributed by atoms with Crippen molar-refractivity contribution in [3.63, 3.8) is 0 Å². The van der Waals surface area contributed by atoms with E-state index in [1.807, 2.05) is 0 Å². The maximum Gasteiger partial charge on any atom is 0.325 e. The molecule has 1 fully saturated rings. The van der Waals surface area contributed by atoms with E-state index < -0.39 is 23.7 Å². The number of hydrogen-bond acceptors (Lipinski definition) is 5. The van der Waals surface area contributed by atoms with Crippen molar-refractivity contribution in [1.82, 2.24) is 9.80 Å². The second-order valence-corrected chi connectivity index (χ2v) is 5.52. The predicted molar refractivity (Wildman–Crippen MR) is 87.5 cm³/mol. The molecule has 1 saturated heterocycles. The summed E-state index contributed by atoms with van der Waals surface area (Å²) < 4.78 is 17.5. The van der Waals surface area contributed by atoms with E-state index in [0.29, 0.717) is 5.69 Å². The van der Waals surface area contributed by atoms with Crippen molar-refractivity contribution >= 4 is 40.8 Å². The fourth-order valence-electron chi connectivity index (χ4n) is 2.28. The Kier molecular flexibility index (Phi) is 5.45. The molecule has 2 rings (SSSR count). The van der Waals surface area contributed by atoms with Gasteiger partial charge in [0, 0.05) is 12.7 Å². The number of rotatable bonds is 5. The van der Waals surface area contributed by atoms with Gasteiger partial charge in [0.2, 0.25) is 5.91 Å². The molecule has 0 bridgehead atoms. The van der Waals surface area contributed by atoms with E-state index in [-0.39, 0.29) is 24.0 Å². The van der Waals surface area contributed by atoms with E-state index >= 15 is 0 Å². The fourth-order valence-corrected chi connectivity index (χ4v) is 2.56. The van der Waals surface area contributed by atoms with Crippen LogP contribution in [0.5, 0.6) is 0 Å². The van der Waals surface area contributed by atoms with Crippen molar-refractivity contribution in [1.29, 1.82) is 0 Å². The highest BCUT2D eigenvalue weighted by Gasteiger charge is 2.42. The SMILES string of the molecule is COC(=O)CN1C(=S)N(C)C(=O)C1CC(=O)Nc1ccc(F)cc1. The first-order chi connectivity index (χ1) is 11.3. The molecule has 0 aromatic heterocycles. The highest BCUT2D eigenvalue weighted by molar-refractivity contribution is 7.80. The van der Waals surface area contributed by atoms with E-state index in [4.69, 9.17) is 12.2 Å². The van der Waals surface area contributed by atoms with Crippen LogP contribution in [0.2, 0.25) is 0 Å². The van der Waals surface area contributed by atoms with Gasteiger partial charge in [-0.1, -0.05) is 0 Å². The molecular weight excluding hydrogens is 337 g/mol. The molecule has 1 atom stereocenters. The lowest BCUT2D eigenvalue weighted by Crippen LogP contribution is -2.41. The first kappa shape index (κ1) is 17.8. The van der Waals surface area contributed by atoms with Gasteiger partial charge in [-0.3, -0.25) is 19.3 Å². The monoisotopic (exact) mass is 353 g/mol. The molecule has 0 spiro atoms. The number of benzene rings is 1. The Morgan fingerprint density at radius 3 is 2.54 bits per heavy atom. The van der Waals surface area contributed by atoms with Crippen LogP contribution in [-0.4, -0.2) is 59.4 Å². The molecule has 0 saturated carbocycles. The van der Waals surface area contributed by atoms with E-state index in [2.05, 4.69) is 10.1 Å². The lowest BCUT2D eigenvalue weighted by molar-refractivity contribution is -0.141. The zero-order valence-electron chi connectivity index (χ0n) is 13.1. The summed E-state index contributed by atoms with van der Waals surface area (Å²) in [5, 5.41) is 2.73. The Labute approximate surface area is 143 Å². The van der Waals surface area contributed by atoms with Gasteiger partial charge in [-0.25, -0.2) is 4.39 Å². The van der Waals surface area contributed by atoms with Crippen molar-refractivity contribution in [2.24, 2.45) is 0 Å². The van der Waals surface area contributed by atoms with E-state index in [1.165, 1.54) is 48.2 Å². The van der Waals surface area contributed by atoms with Crippen LogP contribution in [-0.2, 0) is 19.1 Å². The summed E-state index contributed by atoms with van der Waals surface area (Å²) in [6, 6.07) is 4.35. The molecule has 1 N–H and O–H groups in total. The minimum absolute atomic E-state index is 0.157.